The lowest BCUT2D eigenvalue weighted by molar-refractivity contribution is -0.137. The van der Waals surface area contributed by atoms with Gasteiger partial charge >= 0.3 is 6.18 Å². The number of thioether (sulfide) groups is 1. The number of benzene rings is 2. The van der Waals surface area contributed by atoms with Crippen LogP contribution >= 0.6 is 24.0 Å². The average Bonchev–Trinajstić information content (AvgIpc) is 2.99. The predicted molar refractivity (Wildman–Crippen MR) is 125 cm³/mol. The van der Waals surface area contributed by atoms with E-state index < -0.39 is 17.6 Å². The number of carbonyl (C=O) groups is 2. The van der Waals surface area contributed by atoms with Crippen LogP contribution in [0.2, 0.25) is 0 Å². The van der Waals surface area contributed by atoms with Crippen LogP contribution in [-0.4, -0.2) is 27.6 Å². The van der Waals surface area contributed by atoms with Crippen LogP contribution in [0.4, 0.5) is 18.9 Å². The summed E-state index contributed by atoms with van der Waals surface area (Å²) in [5.74, 6) is -0.810. The van der Waals surface area contributed by atoms with Crippen LogP contribution in [0.25, 0.3) is 6.08 Å². The molecule has 0 unspecified atom stereocenters. The van der Waals surface area contributed by atoms with E-state index in [9.17, 15) is 22.8 Å². The molecule has 0 bridgehead atoms. The Kier molecular flexibility index (Phi) is 7.52. The van der Waals surface area contributed by atoms with E-state index in [0.717, 1.165) is 35.0 Å². The molecule has 1 heterocycles. The molecule has 1 N–H and O–H groups in total. The van der Waals surface area contributed by atoms with Crippen LogP contribution in [0.15, 0.2) is 71.2 Å². The fourth-order valence-electron chi connectivity index (χ4n) is 2.96. The number of alkyl halides is 3. The molecule has 4 nitrogen and oxygen atoms in total. The van der Waals surface area contributed by atoms with Gasteiger partial charge in [0.1, 0.15) is 4.32 Å². The van der Waals surface area contributed by atoms with E-state index >= 15 is 0 Å². The lowest BCUT2D eigenvalue weighted by Gasteiger charge is -2.14. The van der Waals surface area contributed by atoms with Gasteiger partial charge in [0.2, 0.25) is 5.91 Å². The molecule has 0 radical (unpaired) electrons. The molecule has 3 rings (SSSR count). The fraction of sp³-hybridized carbons (Fsp3) is 0.174. The van der Waals surface area contributed by atoms with Gasteiger partial charge in [-0.15, -0.1) is 0 Å². The summed E-state index contributed by atoms with van der Waals surface area (Å²) in [4.78, 5) is 26.7. The molecular formula is C23H19F3N2O2S2. The van der Waals surface area contributed by atoms with Gasteiger partial charge in [-0.3, -0.25) is 14.5 Å². The van der Waals surface area contributed by atoms with Crippen LogP contribution in [0, 0.1) is 0 Å². The number of allylic oxidation sites excluding steroid dienone is 2. The quantitative estimate of drug-likeness (QED) is 0.418. The molecule has 1 fully saturated rings. The van der Waals surface area contributed by atoms with Crippen molar-refractivity contribution in [2.75, 3.05) is 11.9 Å². The summed E-state index contributed by atoms with van der Waals surface area (Å²) in [5.41, 5.74) is 1.06. The third kappa shape index (κ3) is 6.30. The number of halogens is 3. The second-order valence-electron chi connectivity index (χ2n) is 7.01. The normalized spacial score (nSPS) is 16.1. The van der Waals surface area contributed by atoms with Crippen LogP contribution in [0.5, 0.6) is 0 Å². The van der Waals surface area contributed by atoms with E-state index in [0.29, 0.717) is 9.23 Å². The Morgan fingerprint density at radius 3 is 2.56 bits per heavy atom. The van der Waals surface area contributed by atoms with E-state index in [1.54, 1.807) is 6.08 Å². The van der Waals surface area contributed by atoms with Crippen molar-refractivity contribution in [2.24, 2.45) is 0 Å². The van der Waals surface area contributed by atoms with E-state index in [4.69, 9.17) is 12.2 Å². The van der Waals surface area contributed by atoms with Crippen molar-refractivity contribution < 1.29 is 22.8 Å². The predicted octanol–water partition coefficient (Wildman–Crippen LogP) is 5.88. The number of nitrogens with one attached hydrogen (secondary N) is 1. The third-order valence-corrected chi connectivity index (χ3v) is 5.84. The highest BCUT2D eigenvalue weighted by Gasteiger charge is 2.32. The Morgan fingerprint density at radius 2 is 1.88 bits per heavy atom. The molecular weight excluding hydrogens is 457 g/mol. The Balaban J connectivity index is 1.60. The number of carbonyl (C=O) groups excluding carboxylic acids is 2. The highest BCUT2D eigenvalue weighted by Crippen LogP contribution is 2.33. The maximum absolute atomic E-state index is 12.8. The minimum absolute atomic E-state index is 0.0360. The molecule has 2 aromatic carbocycles. The lowest BCUT2D eigenvalue weighted by Crippen LogP contribution is -2.31. The first-order valence-electron chi connectivity index (χ1n) is 9.59. The van der Waals surface area contributed by atoms with Crippen LogP contribution < -0.4 is 5.32 Å². The first-order chi connectivity index (χ1) is 15.1. The Labute approximate surface area is 193 Å². The average molecular weight is 477 g/mol. The van der Waals surface area contributed by atoms with E-state index in [2.05, 4.69) is 5.32 Å². The first-order valence-corrected chi connectivity index (χ1v) is 10.8. The van der Waals surface area contributed by atoms with Gasteiger partial charge in [-0.05, 0) is 42.3 Å². The molecule has 0 atom stereocenters. The largest absolute Gasteiger partial charge is 0.416 e. The molecule has 1 saturated heterocycles. The zero-order chi connectivity index (χ0) is 23.3. The molecule has 2 amide bonds. The molecule has 1 aliphatic heterocycles. The number of anilines is 1. The Hall–Kier alpha value is -2.91. The summed E-state index contributed by atoms with van der Waals surface area (Å²) in [6, 6.07) is 14.0. The molecule has 166 valence electrons. The zero-order valence-corrected chi connectivity index (χ0v) is 18.6. The van der Waals surface area contributed by atoms with Crippen molar-refractivity contribution in [2.45, 2.75) is 19.5 Å². The smallest absolute Gasteiger partial charge is 0.326 e. The van der Waals surface area contributed by atoms with Gasteiger partial charge in [0.25, 0.3) is 5.91 Å². The zero-order valence-electron chi connectivity index (χ0n) is 17.0. The fourth-order valence-corrected chi connectivity index (χ4v) is 4.32. The second kappa shape index (κ2) is 10.1. The van der Waals surface area contributed by atoms with Crippen LogP contribution in [-0.2, 0) is 15.8 Å². The second-order valence-corrected chi connectivity index (χ2v) is 8.68. The van der Waals surface area contributed by atoms with E-state index in [1.165, 1.54) is 17.0 Å². The number of hydrogen-bond acceptors (Lipinski definition) is 4. The molecule has 0 spiro atoms. The number of thiocarbonyl (C=S) groups is 1. The van der Waals surface area contributed by atoms with Crippen LogP contribution in [0.1, 0.15) is 24.5 Å². The van der Waals surface area contributed by atoms with Crippen molar-refractivity contribution in [3.63, 3.8) is 0 Å². The van der Waals surface area contributed by atoms with Crippen molar-refractivity contribution in [3.8, 4) is 0 Å². The molecule has 0 aliphatic carbocycles. The maximum Gasteiger partial charge on any atom is 0.416 e. The van der Waals surface area contributed by atoms with Gasteiger partial charge in [0.05, 0.1) is 10.5 Å². The van der Waals surface area contributed by atoms with E-state index in [1.807, 2.05) is 43.3 Å². The SMILES string of the molecule is CC(=Cc1ccccc1)C=C1SC(=S)N(CCC(=O)Nc2cccc(C(F)(F)F)c2)C1=O. The molecule has 2 aromatic rings. The van der Waals surface area contributed by atoms with Gasteiger partial charge in [-0.1, -0.05) is 66.5 Å². The molecule has 1 aliphatic rings. The summed E-state index contributed by atoms with van der Waals surface area (Å²) in [7, 11) is 0. The molecule has 32 heavy (non-hydrogen) atoms. The molecule has 0 saturated carbocycles. The van der Waals surface area contributed by atoms with Gasteiger partial charge < -0.3 is 5.32 Å². The van der Waals surface area contributed by atoms with Gasteiger partial charge in [0, 0.05) is 18.7 Å². The summed E-state index contributed by atoms with van der Waals surface area (Å²) in [6.07, 6.45) is -0.916. The number of hydrogen-bond donors (Lipinski definition) is 1. The topological polar surface area (TPSA) is 49.4 Å². The van der Waals surface area contributed by atoms with Crippen molar-refractivity contribution >= 4 is 51.9 Å². The summed E-state index contributed by atoms with van der Waals surface area (Å²) in [5, 5.41) is 2.43. The molecule has 0 aromatic heterocycles. The lowest BCUT2D eigenvalue weighted by atomic mass is 10.1. The Morgan fingerprint density at radius 1 is 1.16 bits per heavy atom. The Bertz CT molecular complexity index is 1100. The van der Waals surface area contributed by atoms with Gasteiger partial charge in [-0.2, -0.15) is 13.2 Å². The van der Waals surface area contributed by atoms with Gasteiger partial charge in [-0.25, -0.2) is 0 Å². The van der Waals surface area contributed by atoms with Crippen LogP contribution in [0.3, 0.4) is 0 Å². The van der Waals surface area contributed by atoms with Crippen molar-refractivity contribution in [1.82, 2.24) is 4.90 Å². The minimum Gasteiger partial charge on any atom is -0.326 e. The standard InChI is InChI=1S/C23H19F3N2O2S2/c1-15(12-16-6-3-2-4-7-16)13-19-21(30)28(22(31)32-19)11-10-20(29)27-18-9-5-8-17(14-18)23(24,25)26/h2-9,12-14H,10-11H2,1H3,(H,27,29). The summed E-state index contributed by atoms with van der Waals surface area (Å²) < 4.78 is 38.8. The maximum atomic E-state index is 12.8. The summed E-state index contributed by atoms with van der Waals surface area (Å²) >= 11 is 6.42. The highest BCUT2D eigenvalue weighted by molar-refractivity contribution is 8.26. The first kappa shape index (κ1) is 23.7. The summed E-state index contributed by atoms with van der Waals surface area (Å²) in [6.45, 7) is 1.91. The third-order valence-electron chi connectivity index (χ3n) is 4.46. The number of rotatable bonds is 6. The number of nitrogens with zero attached hydrogens (tertiary/aromatic N) is 1. The van der Waals surface area contributed by atoms with Crippen molar-refractivity contribution in [3.05, 3.63) is 82.3 Å². The van der Waals surface area contributed by atoms with Crippen molar-refractivity contribution in [1.29, 1.82) is 0 Å². The monoisotopic (exact) mass is 476 g/mol. The van der Waals surface area contributed by atoms with Gasteiger partial charge in [0.15, 0.2) is 0 Å². The van der Waals surface area contributed by atoms with E-state index in [-0.39, 0.29) is 24.6 Å². The number of amides is 2. The highest BCUT2D eigenvalue weighted by atomic mass is 32.2. The molecule has 9 heteroatoms. The minimum atomic E-state index is -4.50.